The van der Waals surface area contributed by atoms with Gasteiger partial charge in [0.25, 0.3) is 0 Å². The Hall–Kier alpha value is -4.36. The van der Waals surface area contributed by atoms with Crippen LogP contribution in [0.1, 0.15) is 32.8 Å². The van der Waals surface area contributed by atoms with Crippen molar-refractivity contribution >= 4 is 23.8 Å². The quantitative estimate of drug-likeness (QED) is 0.203. The van der Waals surface area contributed by atoms with Crippen LogP contribution in [-0.2, 0) is 41.5 Å². The Balaban J connectivity index is 0.000000762. The molecule has 14 heteroatoms. The molecule has 0 aromatic heterocycles. The Kier molecular flexibility index (Phi) is 13.4. The topological polar surface area (TPSA) is 111 Å². The summed E-state index contributed by atoms with van der Waals surface area (Å²) in [5.74, 6) is -9.25. The summed E-state index contributed by atoms with van der Waals surface area (Å²) in [5, 5.41) is 4.73. The van der Waals surface area contributed by atoms with E-state index in [0.29, 0.717) is 24.3 Å². The van der Waals surface area contributed by atoms with E-state index in [0.717, 1.165) is 13.2 Å². The fraction of sp³-hybridized carbons (Fsp3) is 0.308. The summed E-state index contributed by atoms with van der Waals surface area (Å²) >= 11 is 0. The second kappa shape index (κ2) is 15.9. The molecule has 0 unspecified atom stereocenters. The van der Waals surface area contributed by atoms with E-state index in [1.807, 2.05) is 0 Å². The van der Waals surface area contributed by atoms with E-state index < -0.39 is 64.7 Å². The van der Waals surface area contributed by atoms with Crippen molar-refractivity contribution in [3.05, 3.63) is 82.1 Å². The van der Waals surface area contributed by atoms with Crippen molar-refractivity contribution in [3.8, 4) is 0 Å². The molecule has 0 bridgehead atoms. The number of amides is 2. The number of esters is 2. The molecule has 8 nitrogen and oxygen atoms in total. The molecular weight excluding hydrogens is 550 g/mol. The number of hydrogen-bond acceptors (Lipinski definition) is 6. The summed E-state index contributed by atoms with van der Waals surface area (Å²) in [7, 11) is 2.30. The van der Waals surface area contributed by atoms with Crippen LogP contribution in [0, 0.1) is 34.9 Å². The van der Waals surface area contributed by atoms with Crippen LogP contribution in [-0.4, -0.2) is 44.0 Å². The van der Waals surface area contributed by atoms with Gasteiger partial charge >= 0.3 is 11.9 Å². The summed E-state index contributed by atoms with van der Waals surface area (Å²) in [4.78, 5) is 44.3. The van der Waals surface area contributed by atoms with E-state index >= 15 is 0 Å². The maximum atomic E-state index is 13.5. The third-order valence-electron chi connectivity index (χ3n) is 4.90. The van der Waals surface area contributed by atoms with Crippen LogP contribution in [0.2, 0.25) is 0 Å². The molecule has 0 heterocycles. The van der Waals surface area contributed by atoms with Crippen LogP contribution in [0.15, 0.2) is 36.0 Å². The Morgan fingerprint density at radius 2 is 1.27 bits per heavy atom. The number of rotatable bonds is 9. The largest absolute Gasteiger partial charge is 0.469 e. The SMILES string of the molecule is COC(=O)/C=C(/Cc1cc(F)c(F)cc1F)NC(C)=O.COC(=O)C[C@@H](Cc1cc(F)c(F)cc1F)NC(C)=O.[HH]. The van der Waals surface area contributed by atoms with Gasteiger partial charge in [-0.15, -0.1) is 0 Å². The number of nitrogens with one attached hydrogen (secondary N) is 2. The number of hydrogen-bond donors (Lipinski definition) is 2. The van der Waals surface area contributed by atoms with Crippen molar-refractivity contribution in [1.29, 1.82) is 0 Å². The zero-order valence-electron chi connectivity index (χ0n) is 21.8. The average Bonchev–Trinajstić information content (AvgIpc) is 2.85. The van der Waals surface area contributed by atoms with Gasteiger partial charge in [-0.05, 0) is 29.7 Å². The fourth-order valence-electron chi connectivity index (χ4n) is 3.19. The number of methoxy groups -OCH3 is 2. The van der Waals surface area contributed by atoms with Crippen molar-refractivity contribution in [2.75, 3.05) is 14.2 Å². The first-order valence-corrected chi connectivity index (χ1v) is 11.3. The predicted octanol–water partition coefficient (Wildman–Crippen LogP) is 3.80. The minimum atomic E-state index is -1.32. The predicted molar refractivity (Wildman–Crippen MR) is 130 cm³/mol. The summed E-state index contributed by atoms with van der Waals surface area (Å²) in [5.41, 5.74) is -0.325. The summed E-state index contributed by atoms with van der Waals surface area (Å²) in [6.07, 6.45) is 0.284. The van der Waals surface area contributed by atoms with Gasteiger partial charge in [-0.2, -0.15) is 0 Å². The molecule has 0 radical (unpaired) electrons. The average molecular weight is 579 g/mol. The maximum absolute atomic E-state index is 13.5. The lowest BCUT2D eigenvalue weighted by Gasteiger charge is -2.17. The number of ether oxygens (including phenoxy) is 2. The lowest BCUT2D eigenvalue weighted by Crippen LogP contribution is -2.37. The van der Waals surface area contributed by atoms with E-state index in [1.165, 1.54) is 21.0 Å². The van der Waals surface area contributed by atoms with Crippen molar-refractivity contribution in [2.24, 2.45) is 0 Å². The van der Waals surface area contributed by atoms with Crippen LogP contribution in [0.25, 0.3) is 0 Å². The van der Waals surface area contributed by atoms with Gasteiger partial charge in [-0.25, -0.2) is 31.1 Å². The molecular formula is C26H28F6N2O6. The highest BCUT2D eigenvalue weighted by atomic mass is 19.2. The highest BCUT2D eigenvalue weighted by Gasteiger charge is 2.19. The Morgan fingerprint density at radius 3 is 1.75 bits per heavy atom. The molecule has 0 saturated carbocycles. The number of halogens is 6. The summed E-state index contributed by atoms with van der Waals surface area (Å²) < 4.78 is 87.6. The third-order valence-corrected chi connectivity index (χ3v) is 4.90. The second-order valence-electron chi connectivity index (χ2n) is 8.15. The number of carbonyl (C=O) groups is 4. The molecule has 0 spiro atoms. The molecule has 0 aliphatic heterocycles. The normalized spacial score (nSPS) is 11.5. The molecule has 0 fully saturated rings. The molecule has 2 rings (SSSR count). The monoisotopic (exact) mass is 578 g/mol. The van der Waals surface area contributed by atoms with E-state index in [2.05, 4.69) is 20.1 Å². The Bertz CT molecular complexity index is 1290. The highest BCUT2D eigenvalue weighted by molar-refractivity contribution is 5.84. The van der Waals surface area contributed by atoms with Gasteiger partial charge in [0.2, 0.25) is 11.8 Å². The van der Waals surface area contributed by atoms with E-state index in [4.69, 9.17) is 0 Å². The number of carbonyl (C=O) groups excluding carboxylic acids is 4. The lowest BCUT2D eigenvalue weighted by molar-refractivity contribution is -0.141. The van der Waals surface area contributed by atoms with Crippen LogP contribution in [0.4, 0.5) is 26.3 Å². The van der Waals surface area contributed by atoms with Crippen molar-refractivity contribution in [3.63, 3.8) is 0 Å². The summed E-state index contributed by atoms with van der Waals surface area (Å²) in [6, 6.07) is 1.43. The zero-order valence-corrected chi connectivity index (χ0v) is 21.8. The molecule has 0 aliphatic carbocycles. The van der Waals surface area contributed by atoms with E-state index in [9.17, 15) is 45.5 Å². The van der Waals surface area contributed by atoms with Gasteiger partial charge in [-0.3, -0.25) is 14.4 Å². The molecule has 220 valence electrons. The molecule has 2 aromatic carbocycles. The second-order valence-corrected chi connectivity index (χ2v) is 8.15. The van der Waals surface area contributed by atoms with Gasteiger partial charge in [0.05, 0.1) is 20.6 Å². The van der Waals surface area contributed by atoms with Crippen molar-refractivity contribution < 1.29 is 56.4 Å². The van der Waals surface area contributed by atoms with Gasteiger partial charge in [0.15, 0.2) is 23.3 Å². The van der Waals surface area contributed by atoms with Gasteiger partial charge in [0.1, 0.15) is 11.6 Å². The van der Waals surface area contributed by atoms with E-state index in [-0.39, 0.29) is 37.5 Å². The molecule has 0 aliphatic rings. The highest BCUT2D eigenvalue weighted by Crippen LogP contribution is 2.18. The minimum absolute atomic E-state index is 0. The molecule has 2 N–H and O–H groups in total. The van der Waals surface area contributed by atoms with Crippen molar-refractivity contribution in [2.45, 2.75) is 39.2 Å². The standard InChI is InChI=1S/C13H14F3NO3.C13H12F3NO3.H2/c2*1-7(18)17-9(5-13(19)20-2)3-8-4-11(15)12(16)6-10(8)14;/h4,6,9H,3,5H2,1-2H3,(H,17,18);4-6H,3H2,1-2H3,(H,17,18);1H/b;9-5-;/t9-;;/m1../s1. The first-order chi connectivity index (χ1) is 18.7. The van der Waals surface area contributed by atoms with Crippen LogP contribution in [0.5, 0.6) is 0 Å². The molecule has 40 heavy (non-hydrogen) atoms. The van der Waals surface area contributed by atoms with Gasteiger partial charge in [0, 0.05) is 51.6 Å². The first kappa shape index (κ1) is 33.7. The van der Waals surface area contributed by atoms with Crippen LogP contribution < -0.4 is 10.6 Å². The zero-order chi connectivity index (χ0) is 30.6. The minimum Gasteiger partial charge on any atom is -0.469 e. The van der Waals surface area contributed by atoms with Crippen molar-refractivity contribution in [1.82, 2.24) is 10.6 Å². The molecule has 2 aromatic rings. The maximum Gasteiger partial charge on any atom is 0.332 e. The Labute approximate surface area is 226 Å². The van der Waals surface area contributed by atoms with E-state index in [1.54, 1.807) is 0 Å². The lowest BCUT2D eigenvalue weighted by atomic mass is 10.0. The smallest absolute Gasteiger partial charge is 0.332 e. The summed E-state index contributed by atoms with van der Waals surface area (Å²) in [6.45, 7) is 2.42. The molecule has 0 saturated heterocycles. The van der Waals surface area contributed by atoms with Gasteiger partial charge < -0.3 is 20.1 Å². The first-order valence-electron chi connectivity index (χ1n) is 11.3. The molecule has 2 amide bonds. The Morgan fingerprint density at radius 1 is 0.775 bits per heavy atom. The third kappa shape index (κ3) is 11.6. The van der Waals surface area contributed by atoms with Gasteiger partial charge in [-0.1, -0.05) is 0 Å². The number of benzene rings is 2. The van der Waals surface area contributed by atoms with Crippen LogP contribution in [0.3, 0.4) is 0 Å². The van der Waals surface area contributed by atoms with Crippen LogP contribution >= 0.6 is 0 Å². The number of allylic oxidation sites excluding steroid dienone is 1. The molecule has 1 atom stereocenters. The fourth-order valence-corrected chi connectivity index (χ4v) is 3.19.